The van der Waals surface area contributed by atoms with Gasteiger partial charge >= 0.3 is 0 Å². The second kappa shape index (κ2) is 5.55. The van der Waals surface area contributed by atoms with Gasteiger partial charge in [0.15, 0.2) is 5.82 Å². The number of hydrogen-bond acceptors (Lipinski definition) is 2. The van der Waals surface area contributed by atoms with Crippen LogP contribution in [-0.2, 0) is 0 Å². The lowest BCUT2D eigenvalue weighted by Gasteiger charge is -2.10. The zero-order chi connectivity index (χ0) is 14.0. The number of halogens is 4. The molecule has 0 fully saturated rings. The number of rotatable bonds is 2. The number of nitriles is 1. The lowest BCUT2D eigenvalue weighted by atomic mass is 10.2. The number of benzene rings is 2. The highest BCUT2D eigenvalue weighted by atomic mass is 79.9. The lowest BCUT2D eigenvalue weighted by molar-refractivity contribution is 0.624. The van der Waals surface area contributed by atoms with E-state index in [1.165, 1.54) is 24.3 Å². The minimum Gasteiger partial charge on any atom is -0.352 e. The summed E-state index contributed by atoms with van der Waals surface area (Å²) in [5, 5.41) is 11.7. The van der Waals surface area contributed by atoms with Gasteiger partial charge in [-0.1, -0.05) is 11.6 Å². The van der Waals surface area contributed by atoms with E-state index in [9.17, 15) is 8.78 Å². The van der Waals surface area contributed by atoms with Crippen molar-refractivity contribution >= 4 is 38.9 Å². The van der Waals surface area contributed by atoms with E-state index in [-0.39, 0.29) is 20.7 Å². The average Bonchev–Trinajstić information content (AvgIpc) is 2.38. The second-order valence-electron chi connectivity index (χ2n) is 3.65. The summed E-state index contributed by atoms with van der Waals surface area (Å²) in [4.78, 5) is 0. The first-order valence-electron chi connectivity index (χ1n) is 5.13. The highest BCUT2D eigenvalue weighted by molar-refractivity contribution is 9.10. The highest BCUT2D eigenvalue weighted by Gasteiger charge is 2.12. The third-order valence-electron chi connectivity index (χ3n) is 2.40. The molecular weight excluding hydrogens is 338 g/mol. The summed E-state index contributed by atoms with van der Waals surface area (Å²) in [6.45, 7) is 0. The average molecular weight is 344 g/mol. The van der Waals surface area contributed by atoms with Gasteiger partial charge in [-0.15, -0.1) is 0 Å². The van der Waals surface area contributed by atoms with E-state index < -0.39 is 11.6 Å². The van der Waals surface area contributed by atoms with Gasteiger partial charge in [0, 0.05) is 0 Å². The van der Waals surface area contributed by atoms with E-state index in [0.29, 0.717) is 5.69 Å². The number of nitrogens with zero attached hydrogens (tertiary/aromatic N) is 1. The molecule has 0 unspecified atom stereocenters. The molecule has 0 aliphatic heterocycles. The molecule has 1 N–H and O–H groups in total. The maximum Gasteiger partial charge on any atom is 0.162 e. The Morgan fingerprint density at radius 2 is 1.84 bits per heavy atom. The Morgan fingerprint density at radius 1 is 1.16 bits per heavy atom. The molecule has 2 aromatic rings. The van der Waals surface area contributed by atoms with Crippen molar-refractivity contribution in [1.29, 1.82) is 5.26 Å². The lowest BCUT2D eigenvalue weighted by Crippen LogP contribution is -1.97. The van der Waals surface area contributed by atoms with Crippen molar-refractivity contribution in [3.8, 4) is 6.07 Å². The molecule has 2 rings (SSSR count). The van der Waals surface area contributed by atoms with Crippen LogP contribution in [0.1, 0.15) is 5.56 Å². The van der Waals surface area contributed by atoms with Gasteiger partial charge in [0.25, 0.3) is 0 Å². The van der Waals surface area contributed by atoms with E-state index in [2.05, 4.69) is 21.2 Å². The van der Waals surface area contributed by atoms with Crippen LogP contribution >= 0.6 is 27.5 Å². The Bertz CT molecular complexity index is 683. The first-order valence-corrected chi connectivity index (χ1v) is 6.30. The topological polar surface area (TPSA) is 35.8 Å². The van der Waals surface area contributed by atoms with Crippen molar-refractivity contribution in [3.63, 3.8) is 0 Å². The molecule has 0 saturated carbocycles. The van der Waals surface area contributed by atoms with Crippen molar-refractivity contribution in [2.45, 2.75) is 0 Å². The van der Waals surface area contributed by atoms with Crippen LogP contribution in [0.5, 0.6) is 0 Å². The molecule has 0 bridgehead atoms. The summed E-state index contributed by atoms with van der Waals surface area (Å²) in [6.07, 6.45) is 0. The van der Waals surface area contributed by atoms with Gasteiger partial charge in [-0.3, -0.25) is 0 Å². The summed E-state index contributed by atoms with van der Waals surface area (Å²) in [6, 6.07) is 8.48. The second-order valence-corrected chi connectivity index (χ2v) is 4.85. The molecule has 0 heterocycles. The molecule has 0 saturated heterocycles. The molecule has 0 aliphatic carbocycles. The Labute approximate surface area is 121 Å². The molecule has 0 spiro atoms. The van der Waals surface area contributed by atoms with Crippen LogP contribution in [0.4, 0.5) is 20.2 Å². The minimum atomic E-state index is -0.612. The molecule has 19 heavy (non-hydrogen) atoms. The summed E-state index contributed by atoms with van der Waals surface area (Å²) in [7, 11) is 0. The molecule has 0 radical (unpaired) electrons. The van der Waals surface area contributed by atoms with Crippen LogP contribution in [0.15, 0.2) is 34.8 Å². The quantitative estimate of drug-likeness (QED) is 0.833. The van der Waals surface area contributed by atoms with Crippen molar-refractivity contribution in [2.24, 2.45) is 0 Å². The molecule has 0 atom stereocenters. The number of nitrogens with one attached hydrogen (secondary N) is 1. The van der Waals surface area contributed by atoms with E-state index >= 15 is 0 Å². The highest BCUT2D eigenvalue weighted by Crippen LogP contribution is 2.31. The standard InChI is InChI=1S/C13H6BrClF2N2/c14-12-7(6-18)1-3-11(13(12)17)19-10-4-2-8(16)5-9(10)15/h1-5,19H. The van der Waals surface area contributed by atoms with Crippen LogP contribution in [-0.4, -0.2) is 0 Å². The predicted molar refractivity (Wildman–Crippen MR) is 73.5 cm³/mol. The van der Waals surface area contributed by atoms with Gasteiger partial charge in [0.05, 0.1) is 26.4 Å². The van der Waals surface area contributed by atoms with E-state index in [1.807, 2.05) is 6.07 Å². The van der Waals surface area contributed by atoms with E-state index in [0.717, 1.165) is 6.07 Å². The Hall–Kier alpha value is -1.64. The van der Waals surface area contributed by atoms with E-state index in [4.69, 9.17) is 16.9 Å². The SMILES string of the molecule is N#Cc1ccc(Nc2ccc(F)cc2Cl)c(F)c1Br. The third-order valence-corrected chi connectivity index (χ3v) is 3.49. The van der Waals surface area contributed by atoms with Crippen molar-refractivity contribution in [1.82, 2.24) is 0 Å². The van der Waals surface area contributed by atoms with Crippen LogP contribution in [0.25, 0.3) is 0 Å². The molecule has 0 aliphatic rings. The molecule has 6 heteroatoms. The van der Waals surface area contributed by atoms with Gasteiger partial charge in [-0.25, -0.2) is 8.78 Å². The molecule has 0 amide bonds. The molecule has 0 aromatic heterocycles. The van der Waals surface area contributed by atoms with Gasteiger partial charge < -0.3 is 5.32 Å². The first kappa shape index (κ1) is 13.8. The fourth-order valence-electron chi connectivity index (χ4n) is 1.47. The normalized spacial score (nSPS) is 10.1. The monoisotopic (exact) mass is 342 g/mol. The maximum atomic E-state index is 14.0. The third kappa shape index (κ3) is 2.86. The molecule has 2 aromatic carbocycles. The first-order chi connectivity index (χ1) is 9.02. The van der Waals surface area contributed by atoms with Crippen LogP contribution in [0.3, 0.4) is 0 Å². The van der Waals surface area contributed by atoms with Crippen LogP contribution in [0, 0.1) is 23.0 Å². The van der Waals surface area contributed by atoms with Crippen LogP contribution < -0.4 is 5.32 Å². The molecular formula is C13H6BrClF2N2. The largest absolute Gasteiger partial charge is 0.352 e. The summed E-state index contributed by atoms with van der Waals surface area (Å²) in [5.74, 6) is -1.09. The summed E-state index contributed by atoms with van der Waals surface area (Å²) >= 11 is 8.85. The van der Waals surface area contributed by atoms with Crippen molar-refractivity contribution < 1.29 is 8.78 Å². The van der Waals surface area contributed by atoms with Crippen molar-refractivity contribution in [2.75, 3.05) is 5.32 Å². The Morgan fingerprint density at radius 3 is 2.47 bits per heavy atom. The molecule has 2 nitrogen and oxygen atoms in total. The fraction of sp³-hybridized carbons (Fsp3) is 0. The van der Waals surface area contributed by atoms with Crippen LogP contribution in [0.2, 0.25) is 5.02 Å². The van der Waals surface area contributed by atoms with Gasteiger partial charge in [-0.05, 0) is 46.3 Å². The van der Waals surface area contributed by atoms with E-state index in [1.54, 1.807) is 0 Å². The molecule has 96 valence electrons. The zero-order valence-corrected chi connectivity index (χ0v) is 11.7. The summed E-state index contributed by atoms with van der Waals surface area (Å²) < 4.78 is 26.9. The maximum absolute atomic E-state index is 14.0. The number of anilines is 2. The summed E-state index contributed by atoms with van der Waals surface area (Å²) in [5.41, 5.74) is 0.700. The Balaban J connectivity index is 2.39. The van der Waals surface area contributed by atoms with Gasteiger partial charge in [0.1, 0.15) is 11.9 Å². The zero-order valence-electron chi connectivity index (χ0n) is 9.35. The van der Waals surface area contributed by atoms with Crippen molar-refractivity contribution in [3.05, 3.63) is 57.0 Å². The number of hydrogen-bond donors (Lipinski definition) is 1. The minimum absolute atomic E-state index is 0.0678. The van der Waals surface area contributed by atoms with Gasteiger partial charge in [-0.2, -0.15) is 5.26 Å². The predicted octanol–water partition coefficient (Wildman–Crippen LogP) is 5.00. The smallest absolute Gasteiger partial charge is 0.162 e. The Kier molecular flexibility index (Phi) is 4.03. The fourth-order valence-corrected chi connectivity index (χ4v) is 2.12. The van der Waals surface area contributed by atoms with Gasteiger partial charge in [0.2, 0.25) is 0 Å².